The van der Waals surface area contributed by atoms with E-state index in [1.54, 1.807) is 0 Å². The fourth-order valence-electron chi connectivity index (χ4n) is 3.69. The van der Waals surface area contributed by atoms with Gasteiger partial charge in [0.05, 0.1) is 10.3 Å². The summed E-state index contributed by atoms with van der Waals surface area (Å²) in [5.74, 6) is 1.58. The molecule has 5 nitrogen and oxygen atoms in total. The van der Waals surface area contributed by atoms with Crippen molar-refractivity contribution in [3.8, 4) is 0 Å². The number of benzene rings is 1. The summed E-state index contributed by atoms with van der Waals surface area (Å²) in [6, 6.07) is 5.53. The molecular weight excluding hydrogens is 392 g/mol. The zero-order chi connectivity index (χ0) is 19.8. The van der Waals surface area contributed by atoms with E-state index < -0.39 is 0 Å². The van der Waals surface area contributed by atoms with Crippen LogP contribution >= 0.6 is 22.9 Å². The molecule has 1 aliphatic rings. The lowest BCUT2D eigenvalue weighted by molar-refractivity contribution is 0.103. The third-order valence-corrected chi connectivity index (χ3v) is 6.85. The van der Waals surface area contributed by atoms with Crippen LogP contribution in [0.5, 0.6) is 0 Å². The molecule has 1 fully saturated rings. The number of aromatic nitrogens is 2. The van der Waals surface area contributed by atoms with Crippen molar-refractivity contribution < 1.29 is 4.79 Å². The molecule has 3 aromatic rings. The zero-order valence-corrected chi connectivity index (χ0v) is 17.9. The highest BCUT2D eigenvalue weighted by atomic mass is 35.5. The molecule has 0 spiro atoms. The Balaban J connectivity index is 1.75. The van der Waals surface area contributed by atoms with E-state index in [-0.39, 0.29) is 5.91 Å². The van der Waals surface area contributed by atoms with Crippen LogP contribution in [-0.2, 0) is 0 Å². The number of carbonyl (C=O) groups excluding carboxylic acids is 1. The number of hydrogen-bond acceptors (Lipinski definition) is 5. The van der Waals surface area contributed by atoms with Crippen LogP contribution in [0, 0.1) is 20.8 Å². The summed E-state index contributed by atoms with van der Waals surface area (Å²) in [5, 5.41) is 4.65. The van der Waals surface area contributed by atoms with E-state index >= 15 is 0 Å². The summed E-state index contributed by atoms with van der Waals surface area (Å²) in [4.78, 5) is 26.3. The van der Waals surface area contributed by atoms with Gasteiger partial charge in [-0.2, -0.15) is 0 Å². The maximum atomic E-state index is 13.0. The molecule has 1 N–H and O–H groups in total. The highest BCUT2D eigenvalue weighted by Crippen LogP contribution is 2.37. The normalized spacial score (nSPS) is 14.5. The summed E-state index contributed by atoms with van der Waals surface area (Å²) < 4.78 is 0. The van der Waals surface area contributed by atoms with Gasteiger partial charge in [-0.25, -0.2) is 9.97 Å². The number of amides is 1. The number of thiophene rings is 1. The Morgan fingerprint density at radius 3 is 2.61 bits per heavy atom. The molecule has 1 amide bonds. The predicted molar refractivity (Wildman–Crippen MR) is 117 cm³/mol. The number of nitrogens with zero attached hydrogens (tertiary/aromatic N) is 3. The van der Waals surface area contributed by atoms with Gasteiger partial charge in [0, 0.05) is 23.8 Å². The quantitative estimate of drug-likeness (QED) is 0.613. The van der Waals surface area contributed by atoms with Crippen molar-refractivity contribution in [1.29, 1.82) is 0 Å². The number of fused-ring (bicyclic) bond motifs is 1. The van der Waals surface area contributed by atoms with Crippen molar-refractivity contribution in [1.82, 2.24) is 9.97 Å². The van der Waals surface area contributed by atoms with Crippen molar-refractivity contribution in [2.75, 3.05) is 23.3 Å². The lowest BCUT2D eigenvalue weighted by Gasteiger charge is -2.28. The van der Waals surface area contributed by atoms with Gasteiger partial charge in [0.1, 0.15) is 16.5 Å². The lowest BCUT2D eigenvalue weighted by Crippen LogP contribution is -2.30. The molecular formula is C21H23ClN4OS. The van der Waals surface area contributed by atoms with Gasteiger partial charge in [-0.3, -0.25) is 4.79 Å². The molecule has 4 rings (SSSR count). The predicted octanol–water partition coefficient (Wildman–Crippen LogP) is 5.51. The molecule has 0 bridgehead atoms. The van der Waals surface area contributed by atoms with E-state index in [0.29, 0.717) is 9.90 Å². The standard InChI is InChI=1S/C21H23ClN4OS/c1-12-15(22)8-7-9-16(12)25-20(27)18-13(2)17-19(26-10-5-4-6-11-26)23-14(3)24-21(17)28-18/h7-9H,4-6,10-11H2,1-3H3,(H,25,27). The molecule has 28 heavy (non-hydrogen) atoms. The summed E-state index contributed by atoms with van der Waals surface area (Å²) in [7, 11) is 0. The second kappa shape index (κ2) is 7.68. The van der Waals surface area contributed by atoms with E-state index in [0.717, 1.165) is 51.8 Å². The molecule has 3 heterocycles. The van der Waals surface area contributed by atoms with Crippen LogP contribution < -0.4 is 10.2 Å². The summed E-state index contributed by atoms with van der Waals surface area (Å²) in [6.07, 6.45) is 3.61. The second-order valence-corrected chi connectivity index (χ2v) is 8.65. The van der Waals surface area contributed by atoms with Gasteiger partial charge in [-0.05, 0) is 63.3 Å². The Morgan fingerprint density at radius 1 is 1.11 bits per heavy atom. The Hall–Kier alpha value is -2.18. The molecule has 0 atom stereocenters. The van der Waals surface area contributed by atoms with Gasteiger partial charge in [-0.15, -0.1) is 11.3 Å². The SMILES string of the molecule is Cc1nc(N2CCCCC2)c2c(C)c(C(=O)Nc3cccc(Cl)c3C)sc2n1. The topological polar surface area (TPSA) is 58.1 Å². The fourth-order valence-corrected chi connectivity index (χ4v) is 4.99. The average Bonchev–Trinajstić information content (AvgIpc) is 3.02. The first-order valence-electron chi connectivity index (χ1n) is 9.55. The largest absolute Gasteiger partial charge is 0.356 e. The van der Waals surface area contributed by atoms with Gasteiger partial charge >= 0.3 is 0 Å². The average molecular weight is 415 g/mol. The van der Waals surface area contributed by atoms with Gasteiger partial charge in [0.25, 0.3) is 5.91 Å². The van der Waals surface area contributed by atoms with Crippen molar-refractivity contribution in [2.45, 2.75) is 40.0 Å². The summed E-state index contributed by atoms with van der Waals surface area (Å²) in [6.45, 7) is 7.81. The lowest BCUT2D eigenvalue weighted by atomic mass is 10.1. The number of aryl methyl sites for hydroxylation is 2. The Kier molecular flexibility index (Phi) is 5.25. The minimum absolute atomic E-state index is 0.131. The van der Waals surface area contributed by atoms with E-state index in [4.69, 9.17) is 16.6 Å². The molecule has 1 aromatic carbocycles. The Morgan fingerprint density at radius 2 is 1.86 bits per heavy atom. The first-order chi connectivity index (χ1) is 13.5. The third kappa shape index (κ3) is 3.47. The van der Waals surface area contributed by atoms with Crippen LogP contribution in [0.25, 0.3) is 10.2 Å². The minimum atomic E-state index is -0.131. The maximum absolute atomic E-state index is 13.0. The van der Waals surface area contributed by atoms with Gasteiger partial charge < -0.3 is 10.2 Å². The van der Waals surface area contributed by atoms with E-state index in [1.165, 1.54) is 30.6 Å². The molecule has 146 valence electrons. The Bertz CT molecular complexity index is 1060. The van der Waals surface area contributed by atoms with Crippen molar-refractivity contribution >= 4 is 50.6 Å². The monoisotopic (exact) mass is 414 g/mol. The zero-order valence-electron chi connectivity index (χ0n) is 16.3. The molecule has 1 saturated heterocycles. The molecule has 1 aliphatic heterocycles. The van der Waals surface area contributed by atoms with Crippen LogP contribution in [0.3, 0.4) is 0 Å². The number of anilines is 2. The highest BCUT2D eigenvalue weighted by Gasteiger charge is 2.24. The summed E-state index contributed by atoms with van der Waals surface area (Å²) >= 11 is 7.62. The first-order valence-corrected chi connectivity index (χ1v) is 10.7. The number of nitrogens with one attached hydrogen (secondary N) is 1. The fraction of sp³-hybridized carbons (Fsp3) is 0.381. The first kappa shape index (κ1) is 19.2. The number of carbonyl (C=O) groups is 1. The molecule has 0 radical (unpaired) electrons. The highest BCUT2D eigenvalue weighted by molar-refractivity contribution is 7.20. The Labute approximate surface area is 173 Å². The van der Waals surface area contributed by atoms with E-state index in [9.17, 15) is 4.79 Å². The maximum Gasteiger partial charge on any atom is 0.266 e. The minimum Gasteiger partial charge on any atom is -0.356 e. The number of hydrogen-bond donors (Lipinski definition) is 1. The van der Waals surface area contributed by atoms with E-state index in [2.05, 4.69) is 15.2 Å². The van der Waals surface area contributed by atoms with Crippen molar-refractivity contribution in [2.24, 2.45) is 0 Å². The summed E-state index contributed by atoms with van der Waals surface area (Å²) in [5.41, 5.74) is 2.53. The number of rotatable bonds is 3. The van der Waals surface area contributed by atoms with Crippen LogP contribution in [0.1, 0.15) is 45.9 Å². The van der Waals surface area contributed by atoms with Crippen LogP contribution in [-0.4, -0.2) is 29.0 Å². The molecule has 2 aromatic heterocycles. The second-order valence-electron chi connectivity index (χ2n) is 7.24. The van der Waals surface area contributed by atoms with Gasteiger partial charge in [-0.1, -0.05) is 17.7 Å². The van der Waals surface area contributed by atoms with Crippen LogP contribution in [0.2, 0.25) is 5.02 Å². The number of piperidine rings is 1. The van der Waals surface area contributed by atoms with Gasteiger partial charge in [0.15, 0.2) is 0 Å². The molecule has 0 unspecified atom stereocenters. The van der Waals surface area contributed by atoms with Crippen molar-refractivity contribution in [3.63, 3.8) is 0 Å². The number of halogens is 1. The smallest absolute Gasteiger partial charge is 0.266 e. The van der Waals surface area contributed by atoms with Gasteiger partial charge in [0.2, 0.25) is 0 Å². The van der Waals surface area contributed by atoms with E-state index in [1.807, 2.05) is 39.0 Å². The molecule has 0 aliphatic carbocycles. The van der Waals surface area contributed by atoms with Crippen LogP contribution in [0.4, 0.5) is 11.5 Å². The molecule has 7 heteroatoms. The van der Waals surface area contributed by atoms with Crippen molar-refractivity contribution in [3.05, 3.63) is 45.1 Å². The van der Waals surface area contributed by atoms with Crippen LogP contribution in [0.15, 0.2) is 18.2 Å². The molecule has 0 saturated carbocycles. The third-order valence-electron chi connectivity index (χ3n) is 5.26.